The van der Waals surface area contributed by atoms with E-state index in [0.29, 0.717) is 5.92 Å². The number of aryl methyl sites for hydroxylation is 1. The van der Waals surface area contributed by atoms with Crippen molar-refractivity contribution in [1.82, 2.24) is 9.88 Å². The topological polar surface area (TPSA) is 51.3 Å². The highest BCUT2D eigenvalue weighted by Crippen LogP contribution is 2.37. The number of rotatable bonds is 9. The van der Waals surface area contributed by atoms with Crippen molar-refractivity contribution in [3.05, 3.63) is 99.6 Å². The highest BCUT2D eigenvalue weighted by Gasteiger charge is 2.22. The SMILES string of the molecule is CC(C)C(O)Nc1cccc(C2CCN(CCCc3c(-c4ccccc4I)[nH]c4c3ccc3ccccc34)CC2)c1. The van der Waals surface area contributed by atoms with Crippen LogP contribution in [0.4, 0.5) is 5.69 Å². The van der Waals surface area contributed by atoms with Gasteiger partial charge in [0.15, 0.2) is 0 Å². The molecule has 5 aromatic rings. The fourth-order valence-corrected chi connectivity index (χ4v) is 6.99. The largest absolute Gasteiger partial charge is 0.374 e. The fourth-order valence-electron chi connectivity index (χ4n) is 6.34. The minimum atomic E-state index is -0.520. The van der Waals surface area contributed by atoms with Gasteiger partial charge in [-0.1, -0.05) is 80.6 Å². The second kappa shape index (κ2) is 12.6. The van der Waals surface area contributed by atoms with Gasteiger partial charge < -0.3 is 20.3 Å². The highest BCUT2D eigenvalue weighted by molar-refractivity contribution is 14.1. The number of H-pyrrole nitrogens is 1. The summed E-state index contributed by atoms with van der Waals surface area (Å²) < 4.78 is 1.28. The van der Waals surface area contributed by atoms with Crippen LogP contribution in [0.2, 0.25) is 0 Å². The smallest absolute Gasteiger partial charge is 0.126 e. The predicted molar refractivity (Wildman–Crippen MR) is 182 cm³/mol. The number of aliphatic hydroxyl groups excluding tert-OH is 1. The number of benzene rings is 4. The van der Waals surface area contributed by atoms with E-state index in [0.717, 1.165) is 38.2 Å². The molecule has 0 radical (unpaired) electrons. The van der Waals surface area contributed by atoms with Crippen molar-refractivity contribution in [2.24, 2.45) is 5.92 Å². The number of hydrogen-bond acceptors (Lipinski definition) is 3. The summed E-state index contributed by atoms with van der Waals surface area (Å²) >= 11 is 2.47. The number of anilines is 1. The number of nitrogens with one attached hydrogen (secondary N) is 2. The number of halogens is 1. The number of aliphatic hydroxyl groups is 1. The van der Waals surface area contributed by atoms with Crippen LogP contribution in [-0.4, -0.2) is 40.9 Å². The Bertz CT molecular complexity index is 1630. The quantitative estimate of drug-likeness (QED) is 0.110. The third kappa shape index (κ3) is 6.18. The maximum Gasteiger partial charge on any atom is 0.126 e. The molecule has 1 aliphatic heterocycles. The van der Waals surface area contributed by atoms with Gasteiger partial charge in [-0.15, -0.1) is 0 Å². The van der Waals surface area contributed by atoms with E-state index in [1.807, 2.05) is 13.8 Å². The van der Waals surface area contributed by atoms with E-state index in [-0.39, 0.29) is 5.92 Å². The first-order valence-corrected chi connectivity index (χ1v) is 16.1. The van der Waals surface area contributed by atoms with Crippen molar-refractivity contribution in [3.63, 3.8) is 0 Å². The Morgan fingerprint density at radius 2 is 1.71 bits per heavy atom. The van der Waals surface area contributed by atoms with Crippen molar-refractivity contribution in [2.75, 3.05) is 25.0 Å². The molecule has 0 bridgehead atoms. The summed E-state index contributed by atoms with van der Waals surface area (Å²) in [4.78, 5) is 6.51. The van der Waals surface area contributed by atoms with Crippen LogP contribution in [0.1, 0.15) is 50.2 Å². The second-order valence-electron chi connectivity index (χ2n) is 11.8. The van der Waals surface area contributed by atoms with E-state index in [1.54, 1.807) is 0 Å². The molecule has 1 aliphatic rings. The number of hydrogen-bond donors (Lipinski definition) is 3. The van der Waals surface area contributed by atoms with Crippen LogP contribution < -0.4 is 5.32 Å². The van der Waals surface area contributed by atoms with Gasteiger partial charge in [-0.05, 0) is 114 Å². The van der Waals surface area contributed by atoms with Crippen molar-refractivity contribution in [1.29, 1.82) is 0 Å². The molecule has 1 atom stereocenters. The summed E-state index contributed by atoms with van der Waals surface area (Å²) in [6.07, 6.45) is 4.05. The van der Waals surface area contributed by atoms with Crippen molar-refractivity contribution in [2.45, 2.75) is 51.7 Å². The van der Waals surface area contributed by atoms with E-state index in [4.69, 9.17) is 0 Å². The number of likely N-dealkylation sites (tertiary alicyclic amines) is 1. The molecule has 6 rings (SSSR count). The molecule has 1 unspecified atom stereocenters. The van der Waals surface area contributed by atoms with Gasteiger partial charge >= 0.3 is 0 Å². The van der Waals surface area contributed by atoms with Crippen molar-refractivity contribution < 1.29 is 5.11 Å². The third-order valence-corrected chi connectivity index (χ3v) is 9.68. The molecule has 212 valence electrons. The normalized spacial score (nSPS) is 15.6. The Morgan fingerprint density at radius 3 is 2.51 bits per heavy atom. The summed E-state index contributed by atoms with van der Waals surface area (Å²) in [5, 5.41) is 17.4. The van der Waals surface area contributed by atoms with E-state index < -0.39 is 6.23 Å². The Balaban J connectivity index is 1.14. The number of piperidine rings is 1. The van der Waals surface area contributed by atoms with Crippen LogP contribution in [0.25, 0.3) is 32.9 Å². The number of fused-ring (bicyclic) bond motifs is 3. The molecular formula is C36H40IN3O. The number of aromatic nitrogens is 1. The van der Waals surface area contributed by atoms with Gasteiger partial charge in [0.05, 0.1) is 11.2 Å². The van der Waals surface area contributed by atoms with Crippen LogP contribution in [0.3, 0.4) is 0 Å². The number of nitrogens with zero attached hydrogens (tertiary/aromatic N) is 1. The fraction of sp³-hybridized carbons (Fsp3) is 0.333. The second-order valence-corrected chi connectivity index (χ2v) is 13.0. The molecule has 4 nitrogen and oxygen atoms in total. The Labute approximate surface area is 257 Å². The van der Waals surface area contributed by atoms with E-state index in [9.17, 15) is 5.11 Å². The van der Waals surface area contributed by atoms with Gasteiger partial charge in [0, 0.05) is 25.6 Å². The van der Waals surface area contributed by atoms with Crippen LogP contribution in [0.15, 0.2) is 84.9 Å². The molecule has 5 heteroatoms. The molecule has 0 amide bonds. The van der Waals surface area contributed by atoms with Crippen molar-refractivity contribution in [3.8, 4) is 11.3 Å². The van der Waals surface area contributed by atoms with Gasteiger partial charge in [-0.25, -0.2) is 0 Å². The zero-order valence-corrected chi connectivity index (χ0v) is 26.2. The third-order valence-electron chi connectivity index (χ3n) is 8.74. The molecular weight excluding hydrogens is 617 g/mol. The molecule has 4 aromatic carbocycles. The first kappa shape index (κ1) is 28.3. The Morgan fingerprint density at radius 1 is 0.927 bits per heavy atom. The summed E-state index contributed by atoms with van der Waals surface area (Å²) in [6.45, 7) is 7.46. The average molecular weight is 658 g/mol. The zero-order valence-electron chi connectivity index (χ0n) is 24.0. The molecule has 1 aromatic heterocycles. The van der Waals surface area contributed by atoms with Crippen LogP contribution in [0, 0.1) is 9.49 Å². The zero-order chi connectivity index (χ0) is 28.3. The maximum atomic E-state index is 10.2. The maximum absolute atomic E-state index is 10.2. The van der Waals surface area contributed by atoms with Gasteiger partial charge in [0.25, 0.3) is 0 Å². The van der Waals surface area contributed by atoms with Gasteiger partial charge in [0.2, 0.25) is 0 Å². The molecule has 41 heavy (non-hydrogen) atoms. The number of aromatic amines is 1. The van der Waals surface area contributed by atoms with Gasteiger partial charge in [-0.2, -0.15) is 0 Å². The molecule has 2 heterocycles. The molecule has 0 aliphatic carbocycles. The summed E-state index contributed by atoms with van der Waals surface area (Å²) in [6, 6.07) is 30.7. The van der Waals surface area contributed by atoms with Crippen LogP contribution >= 0.6 is 22.6 Å². The first-order valence-electron chi connectivity index (χ1n) is 15.0. The average Bonchev–Trinajstić information content (AvgIpc) is 3.36. The van der Waals surface area contributed by atoms with Gasteiger partial charge in [0.1, 0.15) is 6.23 Å². The summed E-state index contributed by atoms with van der Waals surface area (Å²) in [5.74, 6) is 0.760. The Hall–Kier alpha value is -2.87. The van der Waals surface area contributed by atoms with Crippen molar-refractivity contribution >= 4 is 50.0 Å². The van der Waals surface area contributed by atoms with Crippen LogP contribution in [0.5, 0.6) is 0 Å². The molecule has 3 N–H and O–H groups in total. The summed E-state index contributed by atoms with van der Waals surface area (Å²) in [5.41, 5.74) is 7.67. The predicted octanol–water partition coefficient (Wildman–Crippen LogP) is 8.79. The highest BCUT2D eigenvalue weighted by atomic mass is 127. The van der Waals surface area contributed by atoms with E-state index in [1.165, 1.54) is 60.5 Å². The molecule has 0 saturated carbocycles. The standard InChI is InChI=1S/C36H40IN3O/c1-24(2)36(41)38-28-11-7-10-27(23-28)25-18-21-40(22-19-25)20-8-14-30-31-17-16-26-9-3-4-12-29(26)34(31)39-35(30)32-13-5-6-15-33(32)37/h3-7,9-13,15-17,23-25,36,38-39,41H,8,14,18-22H2,1-2H3. The van der Waals surface area contributed by atoms with E-state index in [2.05, 4.69) is 123 Å². The lowest BCUT2D eigenvalue weighted by atomic mass is 9.89. The minimum absolute atomic E-state index is 0.179. The Kier molecular flexibility index (Phi) is 8.65. The molecule has 1 fully saturated rings. The first-order chi connectivity index (χ1) is 20.0. The minimum Gasteiger partial charge on any atom is -0.374 e. The lowest BCUT2D eigenvalue weighted by Crippen LogP contribution is -2.34. The lowest BCUT2D eigenvalue weighted by Gasteiger charge is -2.32. The van der Waals surface area contributed by atoms with E-state index >= 15 is 0 Å². The van der Waals surface area contributed by atoms with Gasteiger partial charge in [-0.3, -0.25) is 0 Å². The summed E-state index contributed by atoms with van der Waals surface area (Å²) in [7, 11) is 0. The monoisotopic (exact) mass is 657 g/mol. The molecule has 0 spiro atoms. The lowest BCUT2D eigenvalue weighted by molar-refractivity contribution is 0.153. The van der Waals surface area contributed by atoms with Crippen LogP contribution in [-0.2, 0) is 6.42 Å². The molecule has 1 saturated heterocycles.